The third kappa shape index (κ3) is 5.03. The predicted octanol–water partition coefficient (Wildman–Crippen LogP) is 16.2. The SMILES string of the molecule is Cc1ccc(N(c2ccc3ccc4c(N(c5ccc(C)cc5)c5cccc6c5oc5ccccc56)cc(C)c5ccc2c3c54)c2cccc3c2oc2ccccc23)cc1. The van der Waals surface area contributed by atoms with Gasteiger partial charge in [-0.2, -0.15) is 0 Å². The van der Waals surface area contributed by atoms with Crippen molar-refractivity contribution in [3.63, 3.8) is 0 Å². The number of fused-ring (bicyclic) bond motifs is 6. The summed E-state index contributed by atoms with van der Waals surface area (Å²) in [7, 11) is 0. The van der Waals surface area contributed by atoms with Gasteiger partial charge in [-0.15, -0.1) is 0 Å². The first-order valence-corrected chi connectivity index (χ1v) is 20.3. The molecule has 2 aromatic heterocycles. The summed E-state index contributed by atoms with van der Waals surface area (Å²) in [6.45, 7) is 6.52. The first kappa shape index (κ1) is 33.6. The van der Waals surface area contributed by atoms with E-state index in [4.69, 9.17) is 8.83 Å². The van der Waals surface area contributed by atoms with Crippen LogP contribution in [0.2, 0.25) is 0 Å². The lowest BCUT2D eigenvalue weighted by atomic mass is 9.89. The summed E-state index contributed by atoms with van der Waals surface area (Å²) in [5, 5.41) is 11.7. The molecule has 0 N–H and O–H groups in total. The normalized spacial score (nSPS) is 12.0. The smallest absolute Gasteiger partial charge is 0.159 e. The molecule has 4 nitrogen and oxygen atoms in total. The third-order valence-electron chi connectivity index (χ3n) is 12.3. The highest BCUT2D eigenvalue weighted by molar-refractivity contribution is 6.29. The molecule has 0 radical (unpaired) electrons. The minimum absolute atomic E-state index is 0.867. The highest BCUT2D eigenvalue weighted by Crippen LogP contribution is 2.51. The van der Waals surface area contributed by atoms with Crippen LogP contribution in [0.4, 0.5) is 34.1 Å². The van der Waals surface area contributed by atoms with Gasteiger partial charge in [-0.05, 0) is 109 Å². The van der Waals surface area contributed by atoms with Crippen LogP contribution in [0.3, 0.4) is 0 Å². The summed E-state index contributed by atoms with van der Waals surface area (Å²) in [6, 6.07) is 63.4. The van der Waals surface area contributed by atoms with Gasteiger partial charge in [0.25, 0.3) is 0 Å². The average molecular weight is 759 g/mol. The maximum Gasteiger partial charge on any atom is 0.159 e. The molecule has 0 fully saturated rings. The Hall–Kier alpha value is -7.56. The van der Waals surface area contributed by atoms with E-state index in [9.17, 15) is 0 Å². The molecule has 0 unspecified atom stereocenters. The van der Waals surface area contributed by atoms with E-state index in [1.54, 1.807) is 0 Å². The molecule has 0 aliphatic carbocycles. The number of hydrogen-bond donors (Lipinski definition) is 0. The number of hydrogen-bond acceptors (Lipinski definition) is 4. The van der Waals surface area contributed by atoms with Crippen LogP contribution in [0, 0.1) is 20.8 Å². The molecule has 0 aliphatic rings. The highest BCUT2D eigenvalue weighted by atomic mass is 16.3. The number of furan rings is 2. The van der Waals surface area contributed by atoms with Crippen molar-refractivity contribution >= 4 is 110 Å². The number of para-hydroxylation sites is 4. The molecular formula is C55H38N2O2. The second-order valence-electron chi connectivity index (χ2n) is 15.9. The monoisotopic (exact) mass is 758 g/mol. The molecule has 0 aliphatic heterocycles. The van der Waals surface area contributed by atoms with Crippen LogP contribution in [-0.4, -0.2) is 0 Å². The van der Waals surface area contributed by atoms with E-state index < -0.39 is 0 Å². The Kier molecular flexibility index (Phi) is 7.24. The lowest BCUT2D eigenvalue weighted by molar-refractivity contribution is 0.669. The van der Waals surface area contributed by atoms with Gasteiger partial charge in [0, 0.05) is 43.7 Å². The zero-order valence-corrected chi connectivity index (χ0v) is 33.0. The molecule has 0 bridgehead atoms. The van der Waals surface area contributed by atoms with Crippen LogP contribution < -0.4 is 9.80 Å². The van der Waals surface area contributed by atoms with Crippen molar-refractivity contribution in [1.29, 1.82) is 0 Å². The Bertz CT molecular complexity index is 3590. The summed E-state index contributed by atoms with van der Waals surface area (Å²) in [5.41, 5.74) is 13.5. The predicted molar refractivity (Wildman–Crippen MR) is 248 cm³/mol. The van der Waals surface area contributed by atoms with Gasteiger partial charge < -0.3 is 18.6 Å². The van der Waals surface area contributed by atoms with Gasteiger partial charge in [0.2, 0.25) is 0 Å². The molecule has 0 amide bonds. The van der Waals surface area contributed by atoms with Crippen molar-refractivity contribution in [2.45, 2.75) is 20.8 Å². The van der Waals surface area contributed by atoms with Crippen molar-refractivity contribution in [1.82, 2.24) is 0 Å². The Morgan fingerprint density at radius 1 is 0.339 bits per heavy atom. The molecule has 0 atom stereocenters. The van der Waals surface area contributed by atoms with Crippen molar-refractivity contribution < 1.29 is 8.83 Å². The molecule has 12 rings (SSSR count). The zero-order chi connectivity index (χ0) is 39.4. The lowest BCUT2D eigenvalue weighted by Gasteiger charge is -2.30. The number of anilines is 6. The molecule has 0 spiro atoms. The lowest BCUT2D eigenvalue weighted by Crippen LogP contribution is -2.12. The minimum Gasteiger partial charge on any atom is -0.454 e. The van der Waals surface area contributed by atoms with Crippen molar-refractivity contribution in [3.05, 3.63) is 193 Å². The van der Waals surface area contributed by atoms with Crippen molar-refractivity contribution in [2.75, 3.05) is 9.80 Å². The molecule has 280 valence electrons. The van der Waals surface area contributed by atoms with E-state index in [1.807, 2.05) is 12.1 Å². The molecule has 12 aromatic rings. The second kappa shape index (κ2) is 12.7. The third-order valence-corrected chi connectivity index (χ3v) is 12.3. The fraction of sp³-hybridized carbons (Fsp3) is 0.0545. The number of nitrogens with zero attached hydrogens (tertiary/aromatic N) is 2. The van der Waals surface area contributed by atoms with Crippen LogP contribution in [0.1, 0.15) is 16.7 Å². The van der Waals surface area contributed by atoms with Gasteiger partial charge in [0.05, 0.1) is 22.7 Å². The molecule has 4 heteroatoms. The van der Waals surface area contributed by atoms with E-state index in [-0.39, 0.29) is 0 Å². The summed E-state index contributed by atoms with van der Waals surface area (Å²) >= 11 is 0. The fourth-order valence-electron chi connectivity index (χ4n) is 9.44. The zero-order valence-electron chi connectivity index (χ0n) is 33.0. The van der Waals surface area contributed by atoms with Crippen LogP contribution >= 0.6 is 0 Å². The van der Waals surface area contributed by atoms with Gasteiger partial charge >= 0.3 is 0 Å². The molecule has 10 aromatic carbocycles. The number of aryl methyl sites for hydroxylation is 3. The molecule has 0 saturated heterocycles. The second-order valence-corrected chi connectivity index (χ2v) is 15.9. The average Bonchev–Trinajstić information content (AvgIpc) is 3.85. The maximum atomic E-state index is 6.72. The van der Waals surface area contributed by atoms with Crippen LogP contribution in [0.5, 0.6) is 0 Å². The topological polar surface area (TPSA) is 32.8 Å². The minimum atomic E-state index is 0.867. The molecule has 0 saturated carbocycles. The van der Waals surface area contributed by atoms with E-state index in [2.05, 4.69) is 194 Å². The van der Waals surface area contributed by atoms with Crippen molar-refractivity contribution in [2.24, 2.45) is 0 Å². The highest BCUT2D eigenvalue weighted by Gasteiger charge is 2.26. The van der Waals surface area contributed by atoms with E-state index in [0.29, 0.717) is 0 Å². The Morgan fingerprint density at radius 3 is 1.41 bits per heavy atom. The largest absolute Gasteiger partial charge is 0.454 e. The van der Waals surface area contributed by atoms with Gasteiger partial charge in [0.15, 0.2) is 11.2 Å². The summed E-state index contributed by atoms with van der Waals surface area (Å²) in [4.78, 5) is 4.77. The van der Waals surface area contributed by atoms with E-state index >= 15 is 0 Å². The van der Waals surface area contributed by atoms with Crippen LogP contribution in [0.15, 0.2) is 185 Å². The van der Waals surface area contributed by atoms with Crippen LogP contribution in [-0.2, 0) is 0 Å². The number of rotatable bonds is 6. The van der Waals surface area contributed by atoms with E-state index in [0.717, 1.165) is 78.0 Å². The number of benzene rings is 10. The van der Waals surface area contributed by atoms with Gasteiger partial charge in [-0.3, -0.25) is 0 Å². The Labute approximate surface area is 341 Å². The fourth-order valence-corrected chi connectivity index (χ4v) is 9.44. The maximum absolute atomic E-state index is 6.72. The molecule has 59 heavy (non-hydrogen) atoms. The molecular weight excluding hydrogens is 721 g/mol. The van der Waals surface area contributed by atoms with Gasteiger partial charge in [0.1, 0.15) is 11.2 Å². The first-order chi connectivity index (χ1) is 29.0. The summed E-state index contributed by atoms with van der Waals surface area (Å²) in [6.07, 6.45) is 0. The Morgan fingerprint density at radius 2 is 0.814 bits per heavy atom. The Balaban J connectivity index is 1.15. The van der Waals surface area contributed by atoms with Gasteiger partial charge in [-0.1, -0.05) is 126 Å². The standard InChI is InChI=1S/C55H38N2O2/c1-33-18-24-37(25-19-33)56(47-14-8-12-42-40-10-4-6-16-50(40)58-54(42)47)46-31-23-36-22-28-45-49(32-35(3)39-29-30-44(46)52(36)53(39)45)57(38-26-20-34(2)21-27-38)48-15-9-13-43-41-11-5-7-17-51(41)59-55(43)48/h4-32H,1-3H3. The summed E-state index contributed by atoms with van der Waals surface area (Å²) in [5.74, 6) is 0. The summed E-state index contributed by atoms with van der Waals surface area (Å²) < 4.78 is 13.4. The van der Waals surface area contributed by atoms with Crippen molar-refractivity contribution in [3.8, 4) is 0 Å². The van der Waals surface area contributed by atoms with Gasteiger partial charge in [-0.25, -0.2) is 0 Å². The first-order valence-electron chi connectivity index (χ1n) is 20.3. The molecule has 2 heterocycles. The quantitative estimate of drug-likeness (QED) is 0.158. The van der Waals surface area contributed by atoms with Crippen LogP contribution in [0.25, 0.3) is 76.2 Å². The van der Waals surface area contributed by atoms with E-state index in [1.165, 1.54) is 49.0 Å².